The summed E-state index contributed by atoms with van der Waals surface area (Å²) in [6.07, 6.45) is 0.361. The van der Waals surface area contributed by atoms with Gasteiger partial charge in [-0.3, -0.25) is 4.98 Å². The van der Waals surface area contributed by atoms with Crippen molar-refractivity contribution >= 4 is 16.9 Å². The number of fused-ring (bicyclic) bond motifs is 1. The average molecular weight is 399 g/mol. The molecule has 0 bridgehead atoms. The molecule has 2 aliphatic rings. The summed E-state index contributed by atoms with van der Waals surface area (Å²) in [5.74, 6) is -0.297. The molecule has 5 nitrogen and oxygen atoms in total. The quantitative estimate of drug-likeness (QED) is 0.637. The van der Waals surface area contributed by atoms with Gasteiger partial charge in [-0.1, -0.05) is 6.07 Å². The summed E-state index contributed by atoms with van der Waals surface area (Å²) in [5.41, 5.74) is 2.67. The van der Waals surface area contributed by atoms with Gasteiger partial charge < -0.3 is 4.90 Å². The van der Waals surface area contributed by atoms with Gasteiger partial charge in [-0.2, -0.15) is 13.2 Å². The van der Waals surface area contributed by atoms with E-state index in [9.17, 15) is 13.2 Å². The first-order valence-electron chi connectivity index (χ1n) is 9.79. The molecular weight excluding hydrogens is 379 g/mol. The molecular formula is C21H20F3N5. The van der Waals surface area contributed by atoms with Gasteiger partial charge in [-0.15, -0.1) is 0 Å². The van der Waals surface area contributed by atoms with E-state index in [0.717, 1.165) is 35.4 Å². The van der Waals surface area contributed by atoms with Crippen LogP contribution in [0.2, 0.25) is 0 Å². The monoisotopic (exact) mass is 399 g/mol. The smallest absolute Gasteiger partial charge is 0.349 e. The lowest BCUT2D eigenvalue weighted by atomic mass is 9.74. The van der Waals surface area contributed by atoms with Crippen LogP contribution in [0.1, 0.15) is 48.3 Å². The van der Waals surface area contributed by atoms with Gasteiger partial charge >= 0.3 is 6.18 Å². The predicted octanol–water partition coefficient (Wildman–Crippen LogP) is 4.74. The Kier molecular flexibility index (Phi) is 4.18. The molecule has 1 saturated carbocycles. The third kappa shape index (κ3) is 3.10. The van der Waals surface area contributed by atoms with E-state index in [-0.39, 0.29) is 24.8 Å². The highest BCUT2D eigenvalue weighted by Gasteiger charge is 2.49. The minimum Gasteiger partial charge on any atom is -0.349 e. The van der Waals surface area contributed by atoms with Crippen LogP contribution in [0.15, 0.2) is 36.7 Å². The third-order valence-electron chi connectivity index (χ3n) is 6.13. The van der Waals surface area contributed by atoms with E-state index in [2.05, 4.69) is 25.9 Å². The van der Waals surface area contributed by atoms with Crippen LogP contribution in [-0.2, 0) is 0 Å². The van der Waals surface area contributed by atoms with Crippen LogP contribution in [0.5, 0.6) is 0 Å². The lowest BCUT2D eigenvalue weighted by molar-refractivity contribution is -0.198. The fourth-order valence-electron chi connectivity index (χ4n) is 4.27. The van der Waals surface area contributed by atoms with E-state index in [0.29, 0.717) is 11.5 Å². The predicted molar refractivity (Wildman–Crippen MR) is 103 cm³/mol. The molecule has 2 fully saturated rings. The second-order valence-corrected chi connectivity index (χ2v) is 7.86. The molecule has 5 rings (SSSR count). The Labute approximate surface area is 166 Å². The van der Waals surface area contributed by atoms with Gasteiger partial charge in [-0.05, 0) is 49.9 Å². The lowest BCUT2D eigenvalue weighted by Crippen LogP contribution is -2.42. The first-order chi connectivity index (χ1) is 13.9. The number of hydrogen-bond donors (Lipinski definition) is 0. The number of nitrogens with zero attached hydrogens (tertiary/aromatic N) is 5. The van der Waals surface area contributed by atoms with Crippen LogP contribution in [0, 0.1) is 12.8 Å². The molecule has 8 heteroatoms. The zero-order chi connectivity index (χ0) is 20.2. The molecule has 150 valence electrons. The molecule has 0 radical (unpaired) electrons. The fourth-order valence-corrected chi connectivity index (χ4v) is 4.27. The van der Waals surface area contributed by atoms with Crippen LogP contribution < -0.4 is 4.90 Å². The Morgan fingerprint density at radius 2 is 1.79 bits per heavy atom. The molecule has 1 aliphatic heterocycles. The molecule has 1 unspecified atom stereocenters. The van der Waals surface area contributed by atoms with Crippen molar-refractivity contribution in [1.82, 2.24) is 19.9 Å². The maximum atomic E-state index is 12.9. The minimum absolute atomic E-state index is 0.0480. The highest BCUT2D eigenvalue weighted by molar-refractivity contribution is 5.87. The fraction of sp³-hybridized carbons (Fsp3) is 0.429. The number of aromatic nitrogens is 4. The number of alkyl halides is 3. The summed E-state index contributed by atoms with van der Waals surface area (Å²) in [5, 5.41) is 0.828. The number of halogens is 3. The van der Waals surface area contributed by atoms with Gasteiger partial charge in [0.25, 0.3) is 0 Å². The van der Waals surface area contributed by atoms with Gasteiger partial charge in [0.05, 0.1) is 17.3 Å². The van der Waals surface area contributed by atoms with E-state index in [4.69, 9.17) is 4.98 Å². The second kappa shape index (κ2) is 6.64. The summed E-state index contributed by atoms with van der Waals surface area (Å²) >= 11 is 0. The van der Waals surface area contributed by atoms with Gasteiger partial charge in [0.15, 0.2) is 5.65 Å². The first kappa shape index (κ1) is 18.3. The highest BCUT2D eigenvalue weighted by Crippen LogP contribution is 2.49. The van der Waals surface area contributed by atoms with Gasteiger partial charge in [0, 0.05) is 30.6 Å². The normalized spacial score (nSPS) is 24.3. The molecule has 0 spiro atoms. The second-order valence-electron chi connectivity index (χ2n) is 7.86. The molecule has 4 heterocycles. The Morgan fingerprint density at radius 3 is 2.48 bits per heavy atom. The highest BCUT2D eigenvalue weighted by atomic mass is 19.4. The Hall–Kier alpha value is -2.77. The Bertz CT molecular complexity index is 1060. The van der Waals surface area contributed by atoms with E-state index >= 15 is 0 Å². The van der Waals surface area contributed by atoms with Crippen molar-refractivity contribution < 1.29 is 13.2 Å². The van der Waals surface area contributed by atoms with E-state index in [1.54, 1.807) is 12.4 Å². The number of aryl methyl sites for hydroxylation is 1. The van der Waals surface area contributed by atoms with Crippen LogP contribution in [0.3, 0.4) is 0 Å². The zero-order valence-corrected chi connectivity index (χ0v) is 15.9. The number of hydrogen-bond acceptors (Lipinski definition) is 5. The largest absolute Gasteiger partial charge is 0.391 e. The lowest BCUT2D eigenvalue weighted by Gasteiger charge is -2.43. The van der Waals surface area contributed by atoms with E-state index in [1.165, 1.54) is 0 Å². The van der Waals surface area contributed by atoms with Crippen LogP contribution in [0.25, 0.3) is 11.0 Å². The topological polar surface area (TPSA) is 54.8 Å². The minimum atomic E-state index is -4.14. The van der Waals surface area contributed by atoms with Gasteiger partial charge in [0.2, 0.25) is 0 Å². The summed E-state index contributed by atoms with van der Waals surface area (Å²) in [7, 11) is 0. The first-order valence-corrected chi connectivity index (χ1v) is 9.79. The summed E-state index contributed by atoms with van der Waals surface area (Å²) < 4.78 is 38.8. The van der Waals surface area contributed by atoms with Crippen molar-refractivity contribution in [2.75, 3.05) is 11.4 Å². The van der Waals surface area contributed by atoms with Crippen molar-refractivity contribution in [2.24, 2.45) is 5.92 Å². The molecule has 3 aromatic rings. The maximum absolute atomic E-state index is 12.9. The number of pyridine rings is 2. The standard InChI is InChI=1S/C21H20F3N5/c1-12-15(4-2-7-25-12)17-6-9-29(17)20-16-5-3-8-26-19(16)27-18(28-20)13-10-14(11-13)21(22,23)24/h2-5,7-8,13-14,17H,6,9-11H2,1H3. The van der Waals surface area contributed by atoms with Gasteiger partial charge in [-0.25, -0.2) is 15.0 Å². The van der Waals surface area contributed by atoms with Gasteiger partial charge in [0.1, 0.15) is 11.6 Å². The molecule has 0 amide bonds. The van der Waals surface area contributed by atoms with Crippen LogP contribution >= 0.6 is 0 Å². The molecule has 29 heavy (non-hydrogen) atoms. The molecule has 1 atom stereocenters. The summed E-state index contributed by atoms with van der Waals surface area (Å²) in [6, 6.07) is 7.91. The van der Waals surface area contributed by atoms with Crippen molar-refractivity contribution in [3.63, 3.8) is 0 Å². The van der Waals surface area contributed by atoms with Crippen LogP contribution in [0.4, 0.5) is 19.0 Å². The van der Waals surface area contributed by atoms with Crippen molar-refractivity contribution in [1.29, 1.82) is 0 Å². The molecule has 0 N–H and O–H groups in total. The summed E-state index contributed by atoms with van der Waals surface area (Å²) in [6.45, 7) is 2.82. The van der Waals surface area contributed by atoms with Crippen molar-refractivity contribution in [3.8, 4) is 0 Å². The third-order valence-corrected chi connectivity index (χ3v) is 6.13. The average Bonchev–Trinajstić information content (AvgIpc) is 2.60. The van der Waals surface area contributed by atoms with Crippen molar-refractivity contribution in [2.45, 2.75) is 44.3 Å². The molecule has 0 aromatic carbocycles. The van der Waals surface area contributed by atoms with E-state index < -0.39 is 12.1 Å². The molecule has 1 aliphatic carbocycles. The van der Waals surface area contributed by atoms with Crippen molar-refractivity contribution in [3.05, 3.63) is 53.7 Å². The summed E-state index contributed by atoms with van der Waals surface area (Å²) in [4.78, 5) is 20.2. The number of anilines is 1. The SMILES string of the molecule is Cc1ncccc1C1CCN1c1nc(C2CC(C(F)(F)F)C2)nc2ncccc12. The molecule has 3 aromatic heterocycles. The Balaban J connectivity index is 1.51. The maximum Gasteiger partial charge on any atom is 0.391 e. The molecule has 1 saturated heterocycles. The zero-order valence-electron chi connectivity index (χ0n) is 15.9. The van der Waals surface area contributed by atoms with Crippen LogP contribution in [-0.4, -0.2) is 32.7 Å². The van der Waals surface area contributed by atoms with E-state index in [1.807, 2.05) is 25.1 Å². The number of rotatable bonds is 3. The Morgan fingerprint density at radius 1 is 1.03 bits per heavy atom.